The van der Waals surface area contributed by atoms with Gasteiger partial charge in [0.05, 0.1) is 17.5 Å². The van der Waals surface area contributed by atoms with Crippen LogP contribution < -0.4 is 5.32 Å². The summed E-state index contributed by atoms with van der Waals surface area (Å²) in [7, 11) is 0. The average Bonchev–Trinajstić information content (AvgIpc) is 3.10. The summed E-state index contributed by atoms with van der Waals surface area (Å²) >= 11 is 0. The molecule has 1 aromatic heterocycles. The van der Waals surface area contributed by atoms with Crippen molar-refractivity contribution in [3.05, 3.63) is 35.7 Å². The molecular weight excluding hydrogens is 356 g/mol. The Morgan fingerprint density at radius 2 is 1.96 bits per heavy atom. The summed E-state index contributed by atoms with van der Waals surface area (Å²) in [6, 6.07) is 5.63. The number of hydrogen-bond acceptors (Lipinski definition) is 4. The number of anilines is 1. The van der Waals surface area contributed by atoms with Crippen LogP contribution in [0.1, 0.15) is 56.7 Å². The number of carboxylic acid groups (broad SMARTS) is 1. The third kappa shape index (κ3) is 4.26. The predicted molar refractivity (Wildman–Crippen MR) is 107 cm³/mol. The summed E-state index contributed by atoms with van der Waals surface area (Å²) in [5.74, 6) is -0.599. The Bertz CT molecular complexity index is 867. The van der Waals surface area contributed by atoms with E-state index in [2.05, 4.69) is 10.3 Å². The second-order valence-corrected chi connectivity index (χ2v) is 8.10. The van der Waals surface area contributed by atoms with Gasteiger partial charge in [-0.25, -0.2) is 4.98 Å². The maximum atomic E-state index is 13.3. The van der Waals surface area contributed by atoms with Crippen LogP contribution in [0.4, 0.5) is 5.69 Å². The second-order valence-electron chi connectivity index (χ2n) is 8.10. The lowest BCUT2D eigenvalue weighted by Gasteiger charge is -2.37. The molecule has 150 valence electrons. The van der Waals surface area contributed by atoms with E-state index in [0.717, 1.165) is 48.9 Å². The van der Waals surface area contributed by atoms with E-state index in [4.69, 9.17) is 4.42 Å². The minimum Gasteiger partial charge on any atom is -0.481 e. The lowest BCUT2D eigenvalue weighted by molar-refractivity contribution is -0.145. The molecule has 0 spiro atoms. The Kier molecular flexibility index (Phi) is 5.87. The summed E-state index contributed by atoms with van der Waals surface area (Å²) in [6.45, 7) is 5.56. The minimum absolute atomic E-state index is 0.0789. The first kappa shape index (κ1) is 20.1. The van der Waals surface area contributed by atoms with E-state index in [1.807, 2.05) is 32.0 Å². The van der Waals surface area contributed by atoms with Crippen LogP contribution in [-0.2, 0) is 9.59 Å². The fraction of sp³-hybridized carbons (Fsp3) is 0.500. The van der Waals surface area contributed by atoms with E-state index in [1.54, 1.807) is 13.2 Å². The maximum Gasteiger partial charge on any atom is 0.304 e. The normalized spacial score (nSPS) is 17.1. The van der Waals surface area contributed by atoms with Crippen molar-refractivity contribution in [2.24, 2.45) is 11.3 Å². The van der Waals surface area contributed by atoms with Gasteiger partial charge in [0.15, 0.2) is 0 Å². The van der Waals surface area contributed by atoms with Crippen molar-refractivity contribution in [3.63, 3.8) is 0 Å². The lowest BCUT2D eigenvalue weighted by atomic mass is 9.67. The molecule has 1 amide bonds. The number of benzene rings is 1. The number of carbonyl (C=O) groups is 2. The molecule has 6 nitrogen and oxygen atoms in total. The largest absolute Gasteiger partial charge is 0.481 e. The molecule has 1 atom stereocenters. The average molecular weight is 384 g/mol. The van der Waals surface area contributed by atoms with Crippen molar-refractivity contribution in [3.8, 4) is 11.5 Å². The number of carboxylic acids is 1. The zero-order chi connectivity index (χ0) is 20.3. The first-order valence-electron chi connectivity index (χ1n) is 9.86. The van der Waals surface area contributed by atoms with E-state index in [1.165, 1.54) is 0 Å². The van der Waals surface area contributed by atoms with Gasteiger partial charge >= 0.3 is 5.97 Å². The Morgan fingerprint density at radius 3 is 2.57 bits per heavy atom. The van der Waals surface area contributed by atoms with E-state index < -0.39 is 11.4 Å². The maximum absolute atomic E-state index is 13.3. The number of aromatic nitrogens is 1. The third-order valence-corrected chi connectivity index (χ3v) is 5.90. The monoisotopic (exact) mass is 384 g/mol. The van der Waals surface area contributed by atoms with Crippen LogP contribution in [0.2, 0.25) is 0 Å². The van der Waals surface area contributed by atoms with Gasteiger partial charge in [0.2, 0.25) is 11.8 Å². The van der Waals surface area contributed by atoms with Gasteiger partial charge in [0.25, 0.3) is 0 Å². The molecule has 1 aliphatic carbocycles. The van der Waals surface area contributed by atoms with Gasteiger partial charge in [0.1, 0.15) is 6.26 Å². The molecule has 2 N–H and O–H groups in total. The van der Waals surface area contributed by atoms with Crippen molar-refractivity contribution < 1.29 is 19.1 Å². The van der Waals surface area contributed by atoms with Crippen LogP contribution in [-0.4, -0.2) is 22.0 Å². The van der Waals surface area contributed by atoms with Gasteiger partial charge in [0, 0.05) is 11.3 Å². The molecule has 1 unspecified atom stereocenters. The number of oxazole rings is 1. The molecule has 0 bridgehead atoms. The molecular formula is C22H28N2O4. The Balaban J connectivity index is 1.87. The number of nitrogens with zero attached hydrogens (tertiary/aromatic N) is 1. The Morgan fingerprint density at radius 1 is 1.25 bits per heavy atom. The number of aliphatic carboxylic acids is 1. The molecule has 0 aliphatic heterocycles. The summed E-state index contributed by atoms with van der Waals surface area (Å²) in [6.07, 6.45) is 6.45. The highest BCUT2D eigenvalue weighted by molar-refractivity contribution is 5.98. The summed E-state index contributed by atoms with van der Waals surface area (Å²) in [5.41, 5.74) is 2.18. The SMILES string of the molecule is Cc1coc(-c2ccc(C)c(NC(=O)C(C)(CC(=O)O)C3CCCCC3)c2)n1. The van der Waals surface area contributed by atoms with E-state index in [0.29, 0.717) is 11.6 Å². The van der Waals surface area contributed by atoms with Crippen LogP contribution in [0.25, 0.3) is 11.5 Å². The standard InChI is InChI=1S/C22H28N2O4/c1-14-9-10-16(20-23-15(2)13-28-20)11-18(14)24-21(27)22(3,12-19(25)26)17-7-5-4-6-8-17/h9-11,13,17H,4-8,12H2,1-3H3,(H,24,27)(H,25,26). The quantitative estimate of drug-likeness (QED) is 0.734. The zero-order valence-electron chi connectivity index (χ0n) is 16.7. The molecule has 0 radical (unpaired) electrons. The van der Waals surface area contributed by atoms with Crippen molar-refractivity contribution in [2.75, 3.05) is 5.32 Å². The predicted octanol–water partition coefficient (Wildman–Crippen LogP) is 4.96. The molecule has 1 fully saturated rings. The first-order chi connectivity index (χ1) is 13.3. The fourth-order valence-corrected chi connectivity index (χ4v) is 4.11. The molecule has 6 heteroatoms. The van der Waals surface area contributed by atoms with Gasteiger partial charge in [-0.15, -0.1) is 0 Å². The Labute approximate surface area is 165 Å². The summed E-state index contributed by atoms with van der Waals surface area (Å²) < 4.78 is 5.46. The van der Waals surface area contributed by atoms with E-state index in [9.17, 15) is 14.7 Å². The van der Waals surface area contributed by atoms with Crippen molar-refractivity contribution in [1.29, 1.82) is 0 Å². The number of carbonyl (C=O) groups excluding carboxylic acids is 1. The van der Waals surface area contributed by atoms with E-state index in [-0.39, 0.29) is 18.2 Å². The number of hydrogen-bond donors (Lipinski definition) is 2. The van der Waals surface area contributed by atoms with Gasteiger partial charge in [-0.05, 0) is 57.2 Å². The number of amides is 1. The third-order valence-electron chi connectivity index (χ3n) is 5.90. The second kappa shape index (κ2) is 8.17. The zero-order valence-corrected chi connectivity index (χ0v) is 16.7. The van der Waals surface area contributed by atoms with Crippen LogP contribution in [0.5, 0.6) is 0 Å². The van der Waals surface area contributed by atoms with Crippen molar-refractivity contribution in [1.82, 2.24) is 4.98 Å². The van der Waals surface area contributed by atoms with Crippen LogP contribution in [0.3, 0.4) is 0 Å². The van der Waals surface area contributed by atoms with Gasteiger partial charge in [-0.2, -0.15) is 0 Å². The summed E-state index contributed by atoms with van der Waals surface area (Å²) in [4.78, 5) is 29.1. The van der Waals surface area contributed by atoms with Gasteiger partial charge < -0.3 is 14.8 Å². The molecule has 1 aromatic carbocycles. The molecule has 3 rings (SSSR count). The molecule has 1 aliphatic rings. The van der Waals surface area contributed by atoms with Gasteiger partial charge in [-0.1, -0.05) is 25.3 Å². The number of aryl methyl sites for hydroxylation is 2. The van der Waals surface area contributed by atoms with Crippen LogP contribution >= 0.6 is 0 Å². The van der Waals surface area contributed by atoms with Crippen LogP contribution in [0, 0.1) is 25.2 Å². The molecule has 1 heterocycles. The molecule has 28 heavy (non-hydrogen) atoms. The molecule has 2 aromatic rings. The minimum atomic E-state index is -0.941. The number of rotatable bonds is 6. The highest BCUT2D eigenvalue weighted by Crippen LogP contribution is 2.42. The number of nitrogens with one attached hydrogen (secondary N) is 1. The molecule has 0 saturated heterocycles. The summed E-state index contributed by atoms with van der Waals surface area (Å²) in [5, 5.41) is 12.4. The fourth-order valence-electron chi connectivity index (χ4n) is 4.11. The first-order valence-corrected chi connectivity index (χ1v) is 9.86. The van der Waals surface area contributed by atoms with Crippen molar-refractivity contribution in [2.45, 2.75) is 59.3 Å². The van der Waals surface area contributed by atoms with E-state index >= 15 is 0 Å². The topological polar surface area (TPSA) is 92.4 Å². The lowest BCUT2D eigenvalue weighted by Crippen LogP contribution is -2.42. The highest BCUT2D eigenvalue weighted by atomic mass is 16.4. The van der Waals surface area contributed by atoms with Crippen LogP contribution in [0.15, 0.2) is 28.9 Å². The molecule has 1 saturated carbocycles. The van der Waals surface area contributed by atoms with Gasteiger partial charge in [-0.3, -0.25) is 9.59 Å². The van der Waals surface area contributed by atoms with Crippen molar-refractivity contribution >= 4 is 17.6 Å². The smallest absolute Gasteiger partial charge is 0.304 e. The Hall–Kier alpha value is -2.63. The highest BCUT2D eigenvalue weighted by Gasteiger charge is 2.43.